The minimum Gasteiger partial charge on any atom is -0.303 e. The molecule has 0 rings (SSSR count). The van der Waals surface area contributed by atoms with Gasteiger partial charge in [0.05, 0.1) is 0 Å². The zero-order chi connectivity index (χ0) is 48.9. The minimum atomic E-state index is 0.269. The molecular formula is C57H116O2S. The number of carbonyl (C=O) groups excluding carboxylic acids is 2. The number of thiol groups is 1. The Morgan fingerprint density at radius 1 is 0.600 bits per heavy atom. The average molecular weight is 866 g/mol. The molecule has 0 radical (unpaired) electrons. The first kappa shape index (κ1) is 73.1. The van der Waals surface area contributed by atoms with Gasteiger partial charge in [-0.15, -0.1) is 0 Å². The molecular weight excluding hydrogens is 749 g/mol. The third-order valence-corrected chi connectivity index (χ3v) is 10.2. The molecule has 2 nitrogen and oxygen atoms in total. The molecule has 4 unspecified atom stereocenters. The van der Waals surface area contributed by atoms with E-state index >= 15 is 0 Å². The number of aldehydes is 2. The van der Waals surface area contributed by atoms with Crippen LogP contribution >= 0.6 is 12.6 Å². The van der Waals surface area contributed by atoms with Crippen LogP contribution in [-0.2, 0) is 9.59 Å². The summed E-state index contributed by atoms with van der Waals surface area (Å²) in [5, 5.41) is 0. The molecule has 0 N–H and O–H groups in total. The predicted octanol–water partition coefficient (Wildman–Crippen LogP) is 20.2. The lowest BCUT2D eigenvalue weighted by Gasteiger charge is -2.23. The Hall–Kier alpha value is -1.35. The first-order valence-electron chi connectivity index (χ1n) is 24.9. The molecule has 0 saturated heterocycles. The van der Waals surface area contributed by atoms with Crippen LogP contribution in [0.2, 0.25) is 0 Å². The molecule has 0 aliphatic heterocycles. The van der Waals surface area contributed by atoms with Crippen molar-refractivity contribution >= 4 is 25.2 Å². The molecule has 60 heavy (non-hydrogen) atoms. The fourth-order valence-corrected chi connectivity index (χ4v) is 6.34. The van der Waals surface area contributed by atoms with Gasteiger partial charge in [-0.25, -0.2) is 0 Å². The Morgan fingerprint density at radius 3 is 1.40 bits per heavy atom. The van der Waals surface area contributed by atoms with Crippen LogP contribution in [0.4, 0.5) is 0 Å². The number of carbonyl (C=O) groups is 2. The lowest BCUT2D eigenvalue weighted by molar-refractivity contribution is -0.110. The van der Waals surface area contributed by atoms with Gasteiger partial charge in [-0.1, -0.05) is 224 Å². The SMILES string of the molecule is C/C(=C\CC/C(C)=C/C(C)(C)C)CC/C=C(\C)C(C)C.CC.CC.CC(CCCC(C)CC(C)(C)C)CCCC(C)C(C)C.CC/C=C(\C)C=O.CCCC(C)C=O.CS. The molecule has 0 aromatic rings. The molecule has 0 aromatic heterocycles. The summed E-state index contributed by atoms with van der Waals surface area (Å²) in [7, 11) is 0. The summed E-state index contributed by atoms with van der Waals surface area (Å²) in [6.07, 6.45) is 30.4. The van der Waals surface area contributed by atoms with E-state index < -0.39 is 0 Å². The number of rotatable bonds is 22. The van der Waals surface area contributed by atoms with Crippen LogP contribution in [0, 0.1) is 46.3 Å². The van der Waals surface area contributed by atoms with E-state index in [-0.39, 0.29) is 5.92 Å². The highest BCUT2D eigenvalue weighted by molar-refractivity contribution is 7.79. The molecule has 0 aliphatic carbocycles. The van der Waals surface area contributed by atoms with Gasteiger partial charge in [-0.05, 0) is 125 Å². The molecule has 4 atom stereocenters. The molecule has 362 valence electrons. The van der Waals surface area contributed by atoms with Crippen LogP contribution in [0.25, 0.3) is 0 Å². The highest BCUT2D eigenvalue weighted by Gasteiger charge is 2.15. The van der Waals surface area contributed by atoms with Gasteiger partial charge in [0.15, 0.2) is 0 Å². The topological polar surface area (TPSA) is 34.1 Å². The maximum atomic E-state index is 9.89. The first-order chi connectivity index (χ1) is 27.8. The largest absolute Gasteiger partial charge is 0.303 e. The van der Waals surface area contributed by atoms with Crippen molar-refractivity contribution in [2.24, 2.45) is 46.3 Å². The second-order valence-corrected chi connectivity index (χ2v) is 20.0. The van der Waals surface area contributed by atoms with Crippen molar-refractivity contribution in [3.8, 4) is 0 Å². The number of hydrogen-bond acceptors (Lipinski definition) is 3. The second kappa shape index (κ2) is 50.3. The summed E-state index contributed by atoms with van der Waals surface area (Å²) in [5.41, 5.74) is 6.18. The summed E-state index contributed by atoms with van der Waals surface area (Å²) in [5.74, 6) is 4.52. The maximum absolute atomic E-state index is 9.89. The minimum absolute atomic E-state index is 0.269. The molecule has 0 saturated carbocycles. The summed E-state index contributed by atoms with van der Waals surface area (Å²) < 4.78 is 0. The smallest absolute Gasteiger partial charge is 0.145 e. The Labute approximate surface area is 388 Å². The summed E-state index contributed by atoms with van der Waals surface area (Å²) in [6, 6.07) is 0. The van der Waals surface area contributed by atoms with Gasteiger partial charge in [-0.3, -0.25) is 4.79 Å². The van der Waals surface area contributed by atoms with E-state index in [2.05, 4.69) is 149 Å². The molecule has 0 aromatic carbocycles. The molecule has 0 spiro atoms. The van der Waals surface area contributed by atoms with Crippen LogP contribution in [0.1, 0.15) is 256 Å². The third kappa shape index (κ3) is 68.4. The van der Waals surface area contributed by atoms with Crippen LogP contribution in [0.3, 0.4) is 0 Å². The monoisotopic (exact) mass is 865 g/mol. The summed E-state index contributed by atoms with van der Waals surface area (Å²) >= 11 is 3.53. The van der Waals surface area contributed by atoms with Gasteiger partial charge < -0.3 is 4.79 Å². The summed E-state index contributed by atoms with van der Waals surface area (Å²) in [6.45, 7) is 53.0. The standard InChI is InChI=1S/C20H42.C20H36.C6H12O.C6H10O.2C2H6.CH4S/c2*1-16(2)19(5)14-10-12-17(3)11-9-13-18(4)15-20(6,7)8;2*1-3-4-6(2)5-7;3*1-2/h16-19H,9-15H2,1-8H3;11,14-16H,9-10,12-13H2,1-8H3;5-6H,3-4H2,1-2H3;4-5H,3H2,1-2H3;2*1-2H3;2H,1H3/b;17-11+,18-15+,19-14+;;6-4+;;;. The molecule has 0 bridgehead atoms. The third-order valence-electron chi connectivity index (χ3n) is 10.2. The van der Waals surface area contributed by atoms with Crippen molar-refractivity contribution in [3.05, 3.63) is 46.6 Å². The Morgan fingerprint density at radius 2 is 1.05 bits per heavy atom. The molecule has 0 aliphatic rings. The average Bonchev–Trinajstić information content (AvgIpc) is 3.16. The Kier molecular flexibility index (Phi) is 61.3. The van der Waals surface area contributed by atoms with E-state index in [4.69, 9.17) is 0 Å². The van der Waals surface area contributed by atoms with Gasteiger partial charge in [0.25, 0.3) is 0 Å². The zero-order valence-electron chi connectivity index (χ0n) is 46.1. The molecule has 3 heteroatoms. The number of hydrogen-bond donors (Lipinski definition) is 1. The van der Waals surface area contributed by atoms with Crippen molar-refractivity contribution in [1.29, 1.82) is 0 Å². The van der Waals surface area contributed by atoms with Crippen molar-refractivity contribution < 1.29 is 9.59 Å². The predicted molar refractivity (Wildman–Crippen MR) is 286 cm³/mol. The lowest BCUT2D eigenvalue weighted by atomic mass is 9.83. The summed E-state index contributed by atoms with van der Waals surface area (Å²) in [4.78, 5) is 19.7. The maximum Gasteiger partial charge on any atom is 0.145 e. The fraction of sp³-hybridized carbons (Fsp3) is 0.825. The van der Waals surface area contributed by atoms with Gasteiger partial charge >= 0.3 is 0 Å². The second-order valence-electron chi connectivity index (χ2n) is 20.0. The molecule has 0 fully saturated rings. The van der Waals surface area contributed by atoms with Crippen molar-refractivity contribution in [2.75, 3.05) is 6.26 Å². The molecule has 0 amide bonds. The van der Waals surface area contributed by atoms with E-state index in [1.807, 2.05) is 47.6 Å². The quantitative estimate of drug-likeness (QED) is 0.0509. The van der Waals surface area contributed by atoms with Crippen LogP contribution in [0.15, 0.2) is 46.6 Å². The van der Waals surface area contributed by atoms with Gasteiger partial charge in [0.1, 0.15) is 12.6 Å². The van der Waals surface area contributed by atoms with E-state index in [1.54, 1.807) is 13.2 Å². The van der Waals surface area contributed by atoms with Gasteiger partial charge in [0, 0.05) is 5.92 Å². The van der Waals surface area contributed by atoms with E-state index in [0.29, 0.717) is 16.7 Å². The first-order valence-corrected chi connectivity index (χ1v) is 25.8. The Bertz CT molecular complexity index is 1010. The lowest BCUT2D eigenvalue weighted by Crippen LogP contribution is -2.11. The normalized spacial score (nSPS) is 14.0. The van der Waals surface area contributed by atoms with Crippen molar-refractivity contribution in [3.63, 3.8) is 0 Å². The van der Waals surface area contributed by atoms with Crippen molar-refractivity contribution in [2.45, 2.75) is 256 Å². The van der Waals surface area contributed by atoms with E-state index in [0.717, 1.165) is 61.1 Å². The van der Waals surface area contributed by atoms with Crippen molar-refractivity contribution in [1.82, 2.24) is 0 Å². The highest BCUT2D eigenvalue weighted by Crippen LogP contribution is 2.28. The van der Waals surface area contributed by atoms with Crippen LogP contribution in [0.5, 0.6) is 0 Å². The fourth-order valence-electron chi connectivity index (χ4n) is 6.34. The van der Waals surface area contributed by atoms with Crippen LogP contribution in [-0.4, -0.2) is 18.8 Å². The van der Waals surface area contributed by atoms with E-state index in [1.165, 1.54) is 87.3 Å². The highest BCUT2D eigenvalue weighted by atomic mass is 32.1. The zero-order valence-corrected chi connectivity index (χ0v) is 47.0. The van der Waals surface area contributed by atoms with E-state index in [9.17, 15) is 9.59 Å². The molecule has 0 heterocycles. The van der Waals surface area contributed by atoms with Crippen LogP contribution < -0.4 is 0 Å². The van der Waals surface area contributed by atoms with Gasteiger partial charge in [0.2, 0.25) is 0 Å². The number of allylic oxidation sites excluding steroid dienone is 8. The Balaban J connectivity index is -0.000000130. The van der Waals surface area contributed by atoms with Gasteiger partial charge in [-0.2, -0.15) is 12.6 Å².